The van der Waals surface area contributed by atoms with Crippen LogP contribution in [-0.2, 0) is 11.1 Å². The lowest BCUT2D eigenvalue weighted by atomic mass is 10.3. The molecule has 2 aromatic heterocycles. The van der Waals surface area contributed by atoms with Gasteiger partial charge >= 0.3 is 7.60 Å². The van der Waals surface area contributed by atoms with Crippen molar-refractivity contribution < 1.29 is 14.4 Å². The van der Waals surface area contributed by atoms with Gasteiger partial charge in [0.1, 0.15) is 5.78 Å². The molecule has 1 atom stereocenters. The molecule has 0 fully saturated rings. The van der Waals surface area contributed by atoms with Crippen LogP contribution in [0, 0.1) is 0 Å². The van der Waals surface area contributed by atoms with E-state index in [0.717, 1.165) is 11.3 Å². The summed E-state index contributed by atoms with van der Waals surface area (Å²) >= 11 is 1.32. The average Bonchev–Trinajstić information content (AvgIpc) is 3.19. The van der Waals surface area contributed by atoms with E-state index < -0.39 is 13.4 Å². The van der Waals surface area contributed by atoms with Gasteiger partial charge in [-0.1, -0.05) is 24.3 Å². The zero-order chi connectivity index (χ0) is 16.3. The number of nitrogens with zero attached hydrogens (tertiary/aromatic N) is 2. The molecule has 2 heterocycles. The lowest BCUT2D eigenvalue weighted by Crippen LogP contribution is -2.20. The van der Waals surface area contributed by atoms with Crippen molar-refractivity contribution in [2.75, 3.05) is 0 Å². The quantitative estimate of drug-likeness (QED) is 0.596. The Morgan fingerprint density at radius 1 is 1.22 bits per heavy atom. The maximum Gasteiger partial charge on any atom is 0.347 e. The number of nitrogens with one attached hydrogen (secondary N) is 1. The Kier molecular flexibility index (Phi) is 4.75. The van der Waals surface area contributed by atoms with Crippen LogP contribution in [0.1, 0.15) is 16.2 Å². The summed E-state index contributed by atoms with van der Waals surface area (Å²) in [6, 6.07) is 13.2. The molecule has 0 bridgehead atoms. The second-order valence-corrected chi connectivity index (χ2v) is 7.69. The Hall–Kier alpha value is -1.76. The van der Waals surface area contributed by atoms with Crippen LogP contribution >= 0.6 is 18.9 Å². The molecule has 3 aromatic rings. The zero-order valence-electron chi connectivity index (χ0n) is 12.1. The summed E-state index contributed by atoms with van der Waals surface area (Å²) in [6.45, 7) is 0.320. The third-order valence-corrected chi connectivity index (χ3v) is 5.55. The third-order valence-electron chi connectivity index (χ3n) is 3.31. The predicted molar refractivity (Wildman–Crippen MR) is 89.5 cm³/mol. The van der Waals surface area contributed by atoms with Crippen LogP contribution in [0.2, 0.25) is 0 Å². The lowest BCUT2D eigenvalue weighted by Gasteiger charge is -2.18. The highest BCUT2D eigenvalue weighted by Gasteiger charge is 2.30. The minimum absolute atomic E-state index is 0.320. The third kappa shape index (κ3) is 3.96. The zero-order valence-corrected chi connectivity index (χ0v) is 13.8. The van der Waals surface area contributed by atoms with Gasteiger partial charge in [0.2, 0.25) is 0 Å². The summed E-state index contributed by atoms with van der Waals surface area (Å²) in [4.78, 5) is 19.7. The van der Waals surface area contributed by atoms with Crippen molar-refractivity contribution in [2.45, 2.75) is 12.3 Å². The van der Waals surface area contributed by atoms with E-state index in [0.29, 0.717) is 11.4 Å². The van der Waals surface area contributed by atoms with Gasteiger partial charge in [-0.2, -0.15) is 5.10 Å². The summed E-state index contributed by atoms with van der Waals surface area (Å²) in [6.07, 6.45) is 3.53. The topological polar surface area (TPSA) is 87.4 Å². The Labute approximate surface area is 137 Å². The number of benzene rings is 1. The van der Waals surface area contributed by atoms with Crippen molar-refractivity contribution in [1.82, 2.24) is 15.1 Å². The van der Waals surface area contributed by atoms with Gasteiger partial charge in [-0.25, -0.2) is 4.68 Å². The fourth-order valence-corrected chi connectivity index (χ4v) is 4.24. The Morgan fingerprint density at radius 2 is 2.00 bits per heavy atom. The van der Waals surface area contributed by atoms with Gasteiger partial charge in [0.05, 0.1) is 11.9 Å². The molecule has 0 saturated carbocycles. The van der Waals surface area contributed by atoms with E-state index in [1.165, 1.54) is 11.3 Å². The molecule has 0 spiro atoms. The molecule has 0 amide bonds. The molecule has 23 heavy (non-hydrogen) atoms. The first-order valence-electron chi connectivity index (χ1n) is 6.95. The first kappa shape index (κ1) is 16.1. The summed E-state index contributed by atoms with van der Waals surface area (Å²) in [5.41, 5.74) is 1.78. The highest BCUT2D eigenvalue weighted by atomic mass is 32.1. The van der Waals surface area contributed by atoms with E-state index in [2.05, 4.69) is 10.4 Å². The van der Waals surface area contributed by atoms with Crippen molar-refractivity contribution in [3.8, 4) is 5.69 Å². The normalized spacial score (nSPS) is 13.1. The smallest absolute Gasteiger partial charge is 0.323 e. The molecule has 8 heteroatoms. The molecule has 0 aliphatic rings. The van der Waals surface area contributed by atoms with Crippen molar-refractivity contribution in [1.29, 1.82) is 0 Å². The van der Waals surface area contributed by atoms with Crippen molar-refractivity contribution >= 4 is 18.9 Å². The molecule has 0 saturated heterocycles. The van der Waals surface area contributed by atoms with Crippen LogP contribution in [0.4, 0.5) is 0 Å². The second kappa shape index (κ2) is 6.78. The van der Waals surface area contributed by atoms with Crippen LogP contribution in [0.25, 0.3) is 5.69 Å². The summed E-state index contributed by atoms with van der Waals surface area (Å²) in [5, 5.41) is 9.01. The molecule has 3 rings (SSSR count). The van der Waals surface area contributed by atoms with Crippen LogP contribution in [-0.4, -0.2) is 19.6 Å². The van der Waals surface area contributed by atoms with Crippen LogP contribution < -0.4 is 5.32 Å². The largest absolute Gasteiger partial charge is 0.347 e. The number of para-hydroxylation sites is 1. The first-order valence-corrected chi connectivity index (χ1v) is 9.51. The van der Waals surface area contributed by atoms with Crippen molar-refractivity contribution in [3.05, 3.63) is 70.7 Å². The van der Waals surface area contributed by atoms with Crippen LogP contribution in [0.15, 0.2) is 60.2 Å². The van der Waals surface area contributed by atoms with Gasteiger partial charge in [0.25, 0.3) is 0 Å². The summed E-state index contributed by atoms with van der Waals surface area (Å²) < 4.78 is 13.4. The van der Waals surface area contributed by atoms with E-state index >= 15 is 0 Å². The average molecular weight is 349 g/mol. The molecular weight excluding hydrogens is 333 g/mol. The second-order valence-electron chi connectivity index (χ2n) is 5.02. The monoisotopic (exact) mass is 349 g/mol. The maximum absolute atomic E-state index is 11.7. The van der Waals surface area contributed by atoms with Gasteiger partial charge in [-0.15, -0.1) is 11.3 Å². The highest BCUT2D eigenvalue weighted by molar-refractivity contribution is 7.52. The van der Waals surface area contributed by atoms with Crippen LogP contribution in [0.3, 0.4) is 0 Å². The summed E-state index contributed by atoms with van der Waals surface area (Å²) in [7, 11) is -4.28. The minimum atomic E-state index is -4.28. The molecule has 1 aromatic carbocycles. The molecule has 120 valence electrons. The SMILES string of the molecule is O=P(O)(O)C(NCc1cnn(-c2ccccc2)c1)c1cccs1. The predicted octanol–water partition coefficient (Wildman–Crippen LogP) is 2.90. The molecule has 0 aliphatic heterocycles. The number of rotatable bonds is 6. The van der Waals surface area contributed by atoms with E-state index in [9.17, 15) is 14.4 Å². The Morgan fingerprint density at radius 3 is 2.65 bits per heavy atom. The number of thiophene rings is 1. The Bertz CT molecular complexity index is 799. The highest BCUT2D eigenvalue weighted by Crippen LogP contribution is 2.51. The molecule has 3 N–H and O–H groups in total. The fraction of sp³-hybridized carbons (Fsp3) is 0.133. The van der Waals surface area contributed by atoms with Crippen molar-refractivity contribution in [3.63, 3.8) is 0 Å². The van der Waals surface area contributed by atoms with Gasteiger partial charge < -0.3 is 9.79 Å². The summed E-state index contributed by atoms with van der Waals surface area (Å²) in [5.74, 6) is -0.998. The molecule has 0 aliphatic carbocycles. The van der Waals surface area contributed by atoms with Gasteiger partial charge in [-0.05, 0) is 23.6 Å². The standard InChI is InChI=1S/C15H16N3O3PS/c19-22(20,21)15(14-7-4-8-23-14)16-9-12-10-17-18(11-12)13-5-2-1-3-6-13/h1-8,10-11,15-16H,9H2,(H2,19,20,21). The molecular formula is C15H16N3O3PS. The molecule has 6 nitrogen and oxygen atoms in total. The van der Waals surface area contributed by atoms with Crippen LogP contribution in [0.5, 0.6) is 0 Å². The van der Waals surface area contributed by atoms with E-state index in [-0.39, 0.29) is 0 Å². The van der Waals surface area contributed by atoms with Gasteiger partial charge in [-0.3, -0.25) is 9.88 Å². The minimum Gasteiger partial charge on any atom is -0.323 e. The number of aromatic nitrogens is 2. The number of hydrogen-bond acceptors (Lipinski definition) is 4. The van der Waals surface area contributed by atoms with E-state index in [1.807, 2.05) is 36.5 Å². The van der Waals surface area contributed by atoms with E-state index in [4.69, 9.17) is 0 Å². The van der Waals surface area contributed by atoms with Gasteiger partial charge in [0.15, 0.2) is 0 Å². The fourth-order valence-electron chi connectivity index (χ4n) is 2.22. The maximum atomic E-state index is 11.7. The molecule has 1 unspecified atom stereocenters. The Balaban J connectivity index is 1.72. The van der Waals surface area contributed by atoms with Gasteiger partial charge in [0, 0.05) is 23.2 Å². The number of hydrogen-bond donors (Lipinski definition) is 3. The molecule has 0 radical (unpaired) electrons. The lowest BCUT2D eigenvalue weighted by molar-refractivity contribution is 0.348. The van der Waals surface area contributed by atoms with Crippen molar-refractivity contribution in [2.24, 2.45) is 0 Å². The van der Waals surface area contributed by atoms with E-state index in [1.54, 1.807) is 28.4 Å². The first-order chi connectivity index (χ1) is 11.0.